The highest BCUT2D eigenvalue weighted by Crippen LogP contribution is 2.24. The van der Waals surface area contributed by atoms with Crippen molar-refractivity contribution in [2.75, 3.05) is 0 Å². The van der Waals surface area contributed by atoms with E-state index in [-0.39, 0.29) is 5.92 Å². The van der Waals surface area contributed by atoms with Gasteiger partial charge in [0, 0.05) is 24.1 Å². The molecule has 1 saturated carbocycles. The van der Waals surface area contributed by atoms with Crippen molar-refractivity contribution in [3.05, 3.63) is 16.8 Å². The minimum absolute atomic E-state index is 0.0579. The van der Waals surface area contributed by atoms with Crippen molar-refractivity contribution in [2.45, 2.75) is 32.1 Å². The van der Waals surface area contributed by atoms with Gasteiger partial charge in [-0.25, -0.2) is 4.98 Å². The lowest BCUT2D eigenvalue weighted by Crippen LogP contribution is -2.21. The molecule has 2 heterocycles. The molecule has 2 aromatic heterocycles. The fourth-order valence-corrected chi connectivity index (χ4v) is 2.78. The predicted molar refractivity (Wildman–Crippen MR) is 66.1 cm³/mol. The Labute approximate surface area is 108 Å². The molecule has 94 valence electrons. The van der Waals surface area contributed by atoms with Gasteiger partial charge in [0.2, 0.25) is 11.7 Å². The van der Waals surface area contributed by atoms with E-state index in [0.717, 1.165) is 25.0 Å². The molecule has 1 aliphatic carbocycles. The highest BCUT2D eigenvalue weighted by atomic mass is 32.1. The summed E-state index contributed by atoms with van der Waals surface area (Å²) < 4.78 is 5.19. The van der Waals surface area contributed by atoms with Crippen LogP contribution in [0.15, 0.2) is 15.4 Å². The van der Waals surface area contributed by atoms with Crippen LogP contribution in [0, 0.1) is 5.92 Å². The number of ketones is 1. The first-order chi connectivity index (χ1) is 8.83. The van der Waals surface area contributed by atoms with Crippen molar-refractivity contribution in [3.8, 4) is 11.5 Å². The van der Waals surface area contributed by atoms with Gasteiger partial charge in [0.05, 0.1) is 5.51 Å². The van der Waals surface area contributed by atoms with Crippen LogP contribution >= 0.6 is 11.3 Å². The van der Waals surface area contributed by atoms with Crippen molar-refractivity contribution < 1.29 is 9.32 Å². The number of hydrogen-bond acceptors (Lipinski definition) is 6. The van der Waals surface area contributed by atoms with Crippen molar-refractivity contribution in [3.63, 3.8) is 0 Å². The second-order valence-corrected chi connectivity index (χ2v) is 5.22. The number of aromatic nitrogens is 3. The van der Waals surface area contributed by atoms with Crippen LogP contribution in [0.1, 0.15) is 31.6 Å². The molecule has 0 aromatic carbocycles. The molecule has 2 aromatic rings. The lowest BCUT2D eigenvalue weighted by molar-refractivity contribution is -0.124. The van der Waals surface area contributed by atoms with Gasteiger partial charge in [-0.1, -0.05) is 11.6 Å². The van der Waals surface area contributed by atoms with Gasteiger partial charge in [0.1, 0.15) is 11.5 Å². The van der Waals surface area contributed by atoms with Gasteiger partial charge >= 0.3 is 0 Å². The van der Waals surface area contributed by atoms with E-state index in [0.29, 0.717) is 30.3 Å². The summed E-state index contributed by atoms with van der Waals surface area (Å²) in [6.45, 7) is 0. The van der Waals surface area contributed by atoms with Crippen LogP contribution in [-0.4, -0.2) is 20.9 Å². The molecule has 1 fully saturated rings. The molecule has 0 spiro atoms. The van der Waals surface area contributed by atoms with Gasteiger partial charge in [-0.15, -0.1) is 11.3 Å². The first kappa shape index (κ1) is 11.5. The smallest absolute Gasteiger partial charge is 0.227 e. The van der Waals surface area contributed by atoms with Crippen molar-refractivity contribution >= 4 is 17.1 Å². The molecule has 1 aliphatic rings. The van der Waals surface area contributed by atoms with E-state index in [1.54, 1.807) is 5.51 Å². The van der Waals surface area contributed by atoms with Gasteiger partial charge < -0.3 is 4.52 Å². The Morgan fingerprint density at radius 2 is 2.39 bits per heavy atom. The maximum absolute atomic E-state index is 11.7. The molecule has 0 bridgehead atoms. The SMILES string of the molecule is O=C1CCCCC1Cc1nc(-c2cscn2)no1. The van der Waals surface area contributed by atoms with Crippen LogP contribution in [0.2, 0.25) is 0 Å². The molecule has 1 unspecified atom stereocenters. The molecule has 0 radical (unpaired) electrons. The summed E-state index contributed by atoms with van der Waals surface area (Å²) in [4.78, 5) is 20.2. The average Bonchev–Trinajstić information content (AvgIpc) is 3.02. The number of hydrogen-bond donors (Lipinski definition) is 0. The zero-order chi connectivity index (χ0) is 12.4. The largest absolute Gasteiger partial charge is 0.339 e. The van der Waals surface area contributed by atoms with Crippen LogP contribution in [0.4, 0.5) is 0 Å². The van der Waals surface area contributed by atoms with E-state index in [2.05, 4.69) is 15.1 Å². The molecule has 5 nitrogen and oxygen atoms in total. The first-order valence-electron chi connectivity index (χ1n) is 6.07. The minimum atomic E-state index is 0.0579. The van der Waals surface area contributed by atoms with Crippen LogP contribution in [0.25, 0.3) is 11.5 Å². The molecule has 0 N–H and O–H groups in total. The quantitative estimate of drug-likeness (QED) is 0.851. The topological polar surface area (TPSA) is 68.9 Å². The molecule has 18 heavy (non-hydrogen) atoms. The Morgan fingerprint density at radius 3 is 3.17 bits per heavy atom. The zero-order valence-corrected chi connectivity index (χ0v) is 10.7. The van der Waals surface area contributed by atoms with Crippen molar-refractivity contribution in [2.24, 2.45) is 5.92 Å². The van der Waals surface area contributed by atoms with E-state index < -0.39 is 0 Å². The second-order valence-electron chi connectivity index (χ2n) is 4.50. The number of carbonyl (C=O) groups excluding carboxylic acids is 1. The highest BCUT2D eigenvalue weighted by molar-refractivity contribution is 7.07. The molecule has 1 atom stereocenters. The predicted octanol–water partition coefficient (Wildman–Crippen LogP) is 2.49. The van der Waals surface area contributed by atoms with Crippen molar-refractivity contribution in [1.82, 2.24) is 15.1 Å². The third kappa shape index (κ3) is 2.33. The van der Waals surface area contributed by atoms with E-state index in [1.807, 2.05) is 5.38 Å². The highest BCUT2D eigenvalue weighted by Gasteiger charge is 2.24. The minimum Gasteiger partial charge on any atom is -0.339 e. The number of carbonyl (C=O) groups is 1. The summed E-state index contributed by atoms with van der Waals surface area (Å²) in [6.07, 6.45) is 4.33. The summed E-state index contributed by atoms with van der Waals surface area (Å²) >= 11 is 1.49. The van der Waals surface area contributed by atoms with Gasteiger partial charge in [0.15, 0.2) is 0 Å². The van der Waals surface area contributed by atoms with Crippen LogP contribution in [-0.2, 0) is 11.2 Å². The third-order valence-electron chi connectivity index (χ3n) is 3.23. The fraction of sp³-hybridized carbons (Fsp3) is 0.500. The fourth-order valence-electron chi connectivity index (χ4n) is 2.25. The maximum Gasteiger partial charge on any atom is 0.227 e. The standard InChI is InChI=1S/C12H13N3O2S/c16-10-4-2-1-3-8(10)5-11-14-12(15-17-11)9-6-18-7-13-9/h6-8H,1-5H2. The summed E-state index contributed by atoms with van der Waals surface area (Å²) in [5, 5.41) is 5.77. The van der Waals surface area contributed by atoms with Gasteiger partial charge in [-0.3, -0.25) is 4.79 Å². The number of thiazole rings is 1. The molecule has 6 heteroatoms. The number of Topliss-reactive ketones (excluding diaryl/α,β-unsaturated/α-hetero) is 1. The first-order valence-corrected chi connectivity index (χ1v) is 7.01. The van der Waals surface area contributed by atoms with E-state index in [4.69, 9.17) is 4.52 Å². The maximum atomic E-state index is 11.7. The Bertz CT molecular complexity index is 535. The van der Waals surface area contributed by atoms with Crippen LogP contribution in [0.3, 0.4) is 0 Å². The Morgan fingerprint density at radius 1 is 1.44 bits per heavy atom. The lowest BCUT2D eigenvalue weighted by Gasteiger charge is -2.18. The third-order valence-corrected chi connectivity index (χ3v) is 3.82. The monoisotopic (exact) mass is 263 g/mol. The summed E-state index contributed by atoms with van der Waals surface area (Å²) in [6, 6.07) is 0. The van der Waals surface area contributed by atoms with Crippen LogP contribution in [0.5, 0.6) is 0 Å². The van der Waals surface area contributed by atoms with Gasteiger partial charge in [-0.2, -0.15) is 4.98 Å². The lowest BCUT2D eigenvalue weighted by atomic mass is 9.86. The summed E-state index contributed by atoms with van der Waals surface area (Å²) in [5.41, 5.74) is 2.46. The Kier molecular flexibility index (Phi) is 3.19. The second kappa shape index (κ2) is 4.97. The number of nitrogens with zero attached hydrogens (tertiary/aromatic N) is 3. The molecule has 0 amide bonds. The van der Waals surface area contributed by atoms with E-state index in [1.165, 1.54) is 11.3 Å². The molecule has 3 rings (SSSR count). The Balaban J connectivity index is 1.72. The van der Waals surface area contributed by atoms with Gasteiger partial charge in [0.25, 0.3) is 0 Å². The van der Waals surface area contributed by atoms with E-state index in [9.17, 15) is 4.79 Å². The normalized spacial score (nSPS) is 20.2. The molecular weight excluding hydrogens is 250 g/mol. The zero-order valence-electron chi connectivity index (χ0n) is 9.83. The molecular formula is C12H13N3O2S. The van der Waals surface area contributed by atoms with Gasteiger partial charge in [-0.05, 0) is 12.8 Å². The average molecular weight is 263 g/mol. The Hall–Kier alpha value is -1.56. The van der Waals surface area contributed by atoms with Crippen LogP contribution < -0.4 is 0 Å². The number of rotatable bonds is 3. The molecule has 0 aliphatic heterocycles. The van der Waals surface area contributed by atoms with Crippen molar-refractivity contribution in [1.29, 1.82) is 0 Å². The molecule has 0 saturated heterocycles. The van der Waals surface area contributed by atoms with E-state index >= 15 is 0 Å². The summed E-state index contributed by atoms with van der Waals surface area (Å²) in [7, 11) is 0. The summed E-state index contributed by atoms with van der Waals surface area (Å²) in [5.74, 6) is 1.44.